The van der Waals surface area contributed by atoms with E-state index in [2.05, 4.69) is 0 Å². The maximum Gasteiger partial charge on any atom is 0.244 e. The normalized spacial score (nSPS) is 20.2. The molecule has 1 saturated heterocycles. The lowest BCUT2D eigenvalue weighted by Gasteiger charge is -2.38. The van der Waals surface area contributed by atoms with Crippen molar-refractivity contribution in [3.05, 3.63) is 59.7 Å². The van der Waals surface area contributed by atoms with Crippen molar-refractivity contribution in [3.8, 4) is 5.75 Å². The summed E-state index contributed by atoms with van der Waals surface area (Å²) in [7, 11) is -2.29. The first-order chi connectivity index (χ1) is 14.0. The van der Waals surface area contributed by atoms with E-state index in [0.717, 1.165) is 30.4 Å². The molecule has 1 amide bonds. The van der Waals surface area contributed by atoms with Gasteiger partial charge in [0.05, 0.1) is 12.0 Å². The average Bonchev–Trinajstić information content (AvgIpc) is 2.78. The summed E-state index contributed by atoms with van der Waals surface area (Å²) in [5, 5.41) is 0. The van der Waals surface area contributed by atoms with E-state index in [1.165, 1.54) is 16.4 Å². The molecule has 29 heavy (non-hydrogen) atoms. The number of hydrogen-bond donors (Lipinski definition) is 0. The van der Waals surface area contributed by atoms with Crippen molar-refractivity contribution in [2.75, 3.05) is 20.2 Å². The van der Waals surface area contributed by atoms with Crippen molar-refractivity contribution in [3.63, 3.8) is 0 Å². The zero-order chi connectivity index (χ0) is 20.4. The predicted octanol–water partition coefficient (Wildman–Crippen LogP) is 2.82. The van der Waals surface area contributed by atoms with Crippen molar-refractivity contribution in [2.45, 2.75) is 43.2 Å². The molecule has 1 atom stereocenters. The van der Waals surface area contributed by atoms with Crippen LogP contribution in [0, 0.1) is 0 Å². The number of carbonyl (C=O) groups excluding carboxylic acids is 1. The Kier molecular flexibility index (Phi) is 5.61. The monoisotopic (exact) mass is 414 g/mol. The molecule has 0 radical (unpaired) electrons. The van der Waals surface area contributed by atoms with Gasteiger partial charge in [-0.25, -0.2) is 8.42 Å². The minimum atomic E-state index is -3.83. The number of carbonyl (C=O) groups is 1. The summed E-state index contributed by atoms with van der Waals surface area (Å²) in [4.78, 5) is 15.4. The van der Waals surface area contributed by atoms with Crippen molar-refractivity contribution in [2.24, 2.45) is 0 Å². The Labute approximate surface area is 172 Å². The van der Waals surface area contributed by atoms with Gasteiger partial charge >= 0.3 is 0 Å². The summed E-state index contributed by atoms with van der Waals surface area (Å²) in [6, 6.07) is 13.4. The Morgan fingerprint density at radius 1 is 0.966 bits per heavy atom. The molecule has 0 unspecified atom stereocenters. The van der Waals surface area contributed by atoms with Crippen molar-refractivity contribution in [1.29, 1.82) is 0 Å². The highest BCUT2D eigenvalue weighted by atomic mass is 32.2. The number of rotatable bonds is 4. The maximum atomic E-state index is 13.5. The molecule has 4 rings (SSSR count). The first-order valence-corrected chi connectivity index (χ1v) is 11.5. The van der Waals surface area contributed by atoms with Crippen LogP contribution in [0.1, 0.15) is 30.4 Å². The summed E-state index contributed by atoms with van der Waals surface area (Å²) in [6.07, 6.45) is 3.46. The Bertz CT molecular complexity index is 982. The number of methoxy groups -OCH3 is 1. The van der Waals surface area contributed by atoms with Gasteiger partial charge in [0.15, 0.2) is 0 Å². The van der Waals surface area contributed by atoms with Crippen LogP contribution >= 0.6 is 0 Å². The van der Waals surface area contributed by atoms with Crippen LogP contribution in [-0.4, -0.2) is 49.8 Å². The van der Waals surface area contributed by atoms with E-state index in [9.17, 15) is 13.2 Å². The lowest BCUT2D eigenvalue weighted by atomic mass is 9.94. The van der Waals surface area contributed by atoms with Gasteiger partial charge in [-0.05, 0) is 61.1 Å². The number of fused-ring (bicyclic) bond motifs is 1. The van der Waals surface area contributed by atoms with E-state index in [0.29, 0.717) is 25.3 Å². The lowest BCUT2D eigenvalue weighted by Crippen LogP contribution is -2.54. The third-order valence-corrected chi connectivity index (χ3v) is 7.69. The molecule has 2 aliphatic rings. The molecule has 0 spiro atoms. The van der Waals surface area contributed by atoms with Gasteiger partial charge in [-0.1, -0.05) is 24.3 Å². The van der Waals surface area contributed by atoms with Gasteiger partial charge in [-0.2, -0.15) is 4.31 Å². The Balaban J connectivity index is 1.71. The van der Waals surface area contributed by atoms with E-state index in [1.54, 1.807) is 19.2 Å². The highest BCUT2D eigenvalue weighted by molar-refractivity contribution is 7.89. The summed E-state index contributed by atoms with van der Waals surface area (Å²) in [5.41, 5.74) is 2.00. The second-order valence-electron chi connectivity index (χ2n) is 7.60. The van der Waals surface area contributed by atoms with Gasteiger partial charge < -0.3 is 9.64 Å². The molecule has 154 valence electrons. The third-order valence-electron chi connectivity index (χ3n) is 5.82. The van der Waals surface area contributed by atoms with Gasteiger partial charge in [0.2, 0.25) is 15.9 Å². The zero-order valence-corrected chi connectivity index (χ0v) is 17.4. The molecule has 2 aromatic rings. The second-order valence-corrected chi connectivity index (χ2v) is 9.49. The molecule has 0 N–H and O–H groups in total. The summed E-state index contributed by atoms with van der Waals surface area (Å²) >= 11 is 0. The molecule has 0 aromatic heterocycles. The summed E-state index contributed by atoms with van der Waals surface area (Å²) in [5.74, 6) is 0.505. The van der Waals surface area contributed by atoms with Gasteiger partial charge in [0.25, 0.3) is 0 Å². The molecular weight excluding hydrogens is 388 g/mol. The predicted molar refractivity (Wildman–Crippen MR) is 110 cm³/mol. The standard InChI is InChI=1S/C22H26N2O4S/c1-28-19-9-11-20(12-10-19)29(26,27)24-16-18-8-4-3-7-17(18)15-21(24)22(25)23-13-5-2-6-14-23/h3-4,7-12,21H,2,5-6,13-16H2,1H3/t21-/m0/s1. The van der Waals surface area contributed by atoms with Crippen LogP contribution < -0.4 is 4.74 Å². The van der Waals surface area contributed by atoms with E-state index in [4.69, 9.17) is 4.74 Å². The first kappa shape index (κ1) is 19.9. The smallest absolute Gasteiger partial charge is 0.244 e. The van der Waals surface area contributed by atoms with E-state index < -0.39 is 16.1 Å². The summed E-state index contributed by atoms with van der Waals surface area (Å²) < 4.78 is 33.5. The van der Waals surface area contributed by atoms with E-state index >= 15 is 0 Å². The number of amides is 1. The fourth-order valence-electron chi connectivity index (χ4n) is 4.17. The van der Waals surface area contributed by atoms with Gasteiger partial charge in [0.1, 0.15) is 11.8 Å². The fourth-order valence-corrected chi connectivity index (χ4v) is 5.73. The fraction of sp³-hybridized carbons (Fsp3) is 0.409. The number of sulfonamides is 1. The number of nitrogens with zero attached hydrogens (tertiary/aromatic N) is 2. The number of piperidine rings is 1. The highest BCUT2D eigenvalue weighted by Crippen LogP contribution is 2.31. The SMILES string of the molecule is COc1ccc(S(=O)(=O)N2Cc3ccccc3C[C@H]2C(=O)N2CCCCC2)cc1. The molecule has 6 nitrogen and oxygen atoms in total. The Morgan fingerprint density at radius 2 is 1.62 bits per heavy atom. The van der Waals surface area contributed by atoms with Crippen molar-refractivity contribution in [1.82, 2.24) is 9.21 Å². The number of hydrogen-bond acceptors (Lipinski definition) is 4. The van der Waals surface area contributed by atoms with Crippen molar-refractivity contribution >= 4 is 15.9 Å². The van der Waals surface area contributed by atoms with Crippen LogP contribution in [0.25, 0.3) is 0 Å². The molecule has 2 aliphatic heterocycles. The molecule has 0 saturated carbocycles. The largest absolute Gasteiger partial charge is 0.497 e. The van der Waals surface area contributed by atoms with Crippen LogP contribution in [0.3, 0.4) is 0 Å². The first-order valence-electron chi connectivity index (χ1n) is 10.0. The number of ether oxygens (including phenoxy) is 1. The van der Waals surface area contributed by atoms with Gasteiger partial charge in [0, 0.05) is 19.6 Å². The lowest BCUT2D eigenvalue weighted by molar-refractivity contribution is -0.136. The average molecular weight is 415 g/mol. The topological polar surface area (TPSA) is 66.9 Å². The maximum absolute atomic E-state index is 13.5. The van der Waals surface area contributed by atoms with Crippen LogP contribution in [0.4, 0.5) is 0 Å². The van der Waals surface area contributed by atoms with Crippen LogP contribution in [0.5, 0.6) is 5.75 Å². The molecule has 7 heteroatoms. The molecule has 2 aromatic carbocycles. The second kappa shape index (κ2) is 8.16. The Hall–Kier alpha value is -2.38. The van der Waals surface area contributed by atoms with Crippen molar-refractivity contribution < 1.29 is 17.9 Å². The molecule has 0 bridgehead atoms. The molecule has 0 aliphatic carbocycles. The summed E-state index contributed by atoms with van der Waals surface area (Å²) in [6.45, 7) is 1.61. The van der Waals surface area contributed by atoms with Gasteiger partial charge in [-0.3, -0.25) is 4.79 Å². The minimum Gasteiger partial charge on any atom is -0.497 e. The zero-order valence-electron chi connectivity index (χ0n) is 16.6. The number of likely N-dealkylation sites (tertiary alicyclic amines) is 1. The Morgan fingerprint density at radius 3 is 2.28 bits per heavy atom. The minimum absolute atomic E-state index is 0.0868. The van der Waals surface area contributed by atoms with Crippen LogP contribution in [0.15, 0.2) is 53.4 Å². The van der Waals surface area contributed by atoms with E-state index in [-0.39, 0.29) is 17.3 Å². The van der Waals surface area contributed by atoms with Crippen LogP contribution in [-0.2, 0) is 27.8 Å². The molecule has 1 fully saturated rings. The quantitative estimate of drug-likeness (QED) is 0.772. The molecular formula is C22H26N2O4S. The third kappa shape index (κ3) is 3.89. The number of benzene rings is 2. The van der Waals surface area contributed by atoms with Gasteiger partial charge in [-0.15, -0.1) is 0 Å². The van der Waals surface area contributed by atoms with E-state index in [1.807, 2.05) is 29.2 Å². The molecule has 2 heterocycles. The van der Waals surface area contributed by atoms with Crippen LogP contribution in [0.2, 0.25) is 0 Å². The highest BCUT2D eigenvalue weighted by Gasteiger charge is 2.41.